The molecule has 16 heavy (non-hydrogen) atoms. The third-order valence-corrected chi connectivity index (χ3v) is 2.29. The van der Waals surface area contributed by atoms with Crippen molar-refractivity contribution in [3.05, 3.63) is 47.8 Å². The summed E-state index contributed by atoms with van der Waals surface area (Å²) in [5.41, 5.74) is 3.78. The first kappa shape index (κ1) is 10.3. The fourth-order valence-electron chi connectivity index (χ4n) is 1.49. The molecule has 0 amide bonds. The van der Waals surface area contributed by atoms with Gasteiger partial charge in [0.25, 0.3) is 0 Å². The molecule has 0 aliphatic heterocycles. The molecular formula is C13H11N3. The Morgan fingerprint density at radius 1 is 1.12 bits per heavy atom. The lowest BCUT2D eigenvalue weighted by Crippen LogP contribution is -1.90. The molecule has 0 aliphatic carbocycles. The van der Waals surface area contributed by atoms with Crippen LogP contribution >= 0.6 is 0 Å². The summed E-state index contributed by atoms with van der Waals surface area (Å²) in [6.07, 6.45) is 3.89. The molecule has 0 radical (unpaired) electrons. The van der Waals surface area contributed by atoms with Crippen molar-refractivity contribution in [3.63, 3.8) is 0 Å². The van der Waals surface area contributed by atoms with E-state index in [1.54, 1.807) is 12.4 Å². The van der Waals surface area contributed by atoms with Gasteiger partial charge in [-0.25, -0.2) is 0 Å². The Bertz CT molecular complexity index is 541. The minimum atomic E-state index is 0.404. The van der Waals surface area contributed by atoms with E-state index in [1.807, 2.05) is 31.2 Å². The molecule has 0 saturated carbocycles. The van der Waals surface area contributed by atoms with Crippen molar-refractivity contribution in [2.45, 2.75) is 13.3 Å². The predicted molar refractivity (Wildman–Crippen MR) is 61.5 cm³/mol. The molecule has 2 rings (SSSR count). The van der Waals surface area contributed by atoms with Gasteiger partial charge in [-0.3, -0.25) is 9.97 Å². The normalized spacial score (nSPS) is 9.75. The van der Waals surface area contributed by atoms with E-state index in [9.17, 15) is 0 Å². The van der Waals surface area contributed by atoms with Crippen molar-refractivity contribution < 1.29 is 0 Å². The highest BCUT2D eigenvalue weighted by atomic mass is 14.8. The van der Waals surface area contributed by atoms with Gasteiger partial charge in [0.2, 0.25) is 0 Å². The molecule has 0 spiro atoms. The fraction of sp³-hybridized carbons (Fsp3) is 0.154. The van der Waals surface area contributed by atoms with Gasteiger partial charge in [-0.1, -0.05) is 0 Å². The van der Waals surface area contributed by atoms with Crippen LogP contribution in [0.3, 0.4) is 0 Å². The lowest BCUT2D eigenvalue weighted by atomic mass is 10.1. The first-order valence-corrected chi connectivity index (χ1v) is 5.04. The van der Waals surface area contributed by atoms with Crippen molar-refractivity contribution in [1.82, 2.24) is 9.97 Å². The molecule has 0 saturated heterocycles. The van der Waals surface area contributed by atoms with Crippen LogP contribution < -0.4 is 0 Å². The number of aryl methyl sites for hydroxylation is 1. The molecule has 2 aromatic rings. The number of rotatable bonds is 2. The first-order chi connectivity index (χ1) is 7.79. The summed E-state index contributed by atoms with van der Waals surface area (Å²) < 4.78 is 0. The van der Waals surface area contributed by atoms with Crippen LogP contribution in [0.1, 0.15) is 11.1 Å². The zero-order valence-electron chi connectivity index (χ0n) is 9.01. The monoisotopic (exact) mass is 209 g/mol. The van der Waals surface area contributed by atoms with Crippen molar-refractivity contribution in [2.75, 3.05) is 0 Å². The molecule has 0 atom stereocenters. The van der Waals surface area contributed by atoms with Gasteiger partial charge in [-0.15, -0.1) is 0 Å². The molecule has 0 bridgehead atoms. The second-order valence-electron chi connectivity index (χ2n) is 3.60. The Morgan fingerprint density at radius 3 is 2.50 bits per heavy atom. The molecule has 0 unspecified atom stereocenters. The average molecular weight is 209 g/mol. The number of aromatic nitrogens is 2. The topological polar surface area (TPSA) is 49.6 Å². The summed E-state index contributed by atoms with van der Waals surface area (Å²) in [5.74, 6) is 0. The van der Waals surface area contributed by atoms with Crippen LogP contribution in [0.5, 0.6) is 0 Å². The Morgan fingerprint density at radius 2 is 1.81 bits per heavy atom. The third kappa shape index (κ3) is 2.23. The standard InChI is InChI=1S/C13H11N3/c1-10-3-6-15-12(8-10)13-9-11(2-5-14)4-7-16-13/h3-4,6-9H,2H2,1H3. The van der Waals surface area contributed by atoms with E-state index in [0.717, 1.165) is 22.5 Å². The summed E-state index contributed by atoms with van der Waals surface area (Å²) in [5, 5.41) is 8.64. The van der Waals surface area contributed by atoms with Crippen molar-refractivity contribution in [1.29, 1.82) is 5.26 Å². The van der Waals surface area contributed by atoms with Gasteiger partial charge in [-0.05, 0) is 42.3 Å². The molecule has 0 aliphatic rings. The van der Waals surface area contributed by atoms with Gasteiger partial charge in [0, 0.05) is 12.4 Å². The van der Waals surface area contributed by atoms with Crippen LogP contribution in [0.2, 0.25) is 0 Å². The molecule has 0 fully saturated rings. The molecule has 2 aromatic heterocycles. The van der Waals surface area contributed by atoms with Gasteiger partial charge >= 0.3 is 0 Å². The summed E-state index contributed by atoms with van der Waals surface area (Å²) in [6, 6.07) is 9.81. The molecule has 2 heterocycles. The largest absolute Gasteiger partial charge is 0.255 e. The number of hydrogen-bond donors (Lipinski definition) is 0. The maximum Gasteiger partial charge on any atom is 0.0889 e. The summed E-state index contributed by atoms with van der Waals surface area (Å²) in [4.78, 5) is 8.53. The zero-order valence-corrected chi connectivity index (χ0v) is 9.01. The molecule has 78 valence electrons. The van der Waals surface area contributed by atoms with Crippen LogP contribution in [-0.4, -0.2) is 9.97 Å². The zero-order chi connectivity index (χ0) is 11.4. The SMILES string of the molecule is Cc1ccnc(-c2cc(CC#N)ccn2)c1. The van der Waals surface area contributed by atoms with Gasteiger partial charge in [0.05, 0.1) is 23.9 Å². The molecular weight excluding hydrogens is 198 g/mol. The Labute approximate surface area is 94.4 Å². The first-order valence-electron chi connectivity index (χ1n) is 5.04. The van der Waals surface area contributed by atoms with E-state index in [2.05, 4.69) is 16.0 Å². The smallest absolute Gasteiger partial charge is 0.0889 e. The van der Waals surface area contributed by atoms with E-state index in [-0.39, 0.29) is 0 Å². The summed E-state index contributed by atoms with van der Waals surface area (Å²) >= 11 is 0. The number of nitrogens with zero attached hydrogens (tertiary/aromatic N) is 3. The summed E-state index contributed by atoms with van der Waals surface area (Å²) in [6.45, 7) is 2.02. The molecule has 3 nitrogen and oxygen atoms in total. The maximum atomic E-state index is 8.64. The van der Waals surface area contributed by atoms with Crippen molar-refractivity contribution in [3.8, 4) is 17.5 Å². The van der Waals surface area contributed by atoms with Crippen molar-refractivity contribution >= 4 is 0 Å². The van der Waals surface area contributed by atoms with Crippen LogP contribution in [0.4, 0.5) is 0 Å². The highest BCUT2D eigenvalue weighted by Crippen LogP contribution is 2.16. The minimum absolute atomic E-state index is 0.404. The van der Waals surface area contributed by atoms with E-state index in [1.165, 1.54) is 0 Å². The van der Waals surface area contributed by atoms with E-state index >= 15 is 0 Å². The van der Waals surface area contributed by atoms with Gasteiger partial charge in [0.1, 0.15) is 0 Å². The van der Waals surface area contributed by atoms with Crippen LogP contribution in [-0.2, 0) is 6.42 Å². The van der Waals surface area contributed by atoms with Crippen molar-refractivity contribution in [2.24, 2.45) is 0 Å². The quantitative estimate of drug-likeness (QED) is 0.763. The molecule has 0 N–H and O–H groups in total. The van der Waals surface area contributed by atoms with Crippen LogP contribution in [0, 0.1) is 18.3 Å². The number of nitriles is 1. The Hall–Kier alpha value is -2.21. The fourth-order valence-corrected chi connectivity index (χ4v) is 1.49. The average Bonchev–Trinajstić information content (AvgIpc) is 2.30. The third-order valence-electron chi connectivity index (χ3n) is 2.29. The minimum Gasteiger partial charge on any atom is -0.255 e. The maximum absolute atomic E-state index is 8.64. The van der Waals surface area contributed by atoms with Crippen LogP contribution in [0.15, 0.2) is 36.7 Å². The van der Waals surface area contributed by atoms with E-state index in [4.69, 9.17) is 5.26 Å². The second kappa shape index (κ2) is 4.54. The summed E-state index contributed by atoms with van der Waals surface area (Å²) in [7, 11) is 0. The lowest BCUT2D eigenvalue weighted by Gasteiger charge is -2.02. The van der Waals surface area contributed by atoms with E-state index < -0.39 is 0 Å². The highest BCUT2D eigenvalue weighted by molar-refractivity contribution is 5.55. The Kier molecular flexibility index (Phi) is 2.93. The number of pyridine rings is 2. The van der Waals surface area contributed by atoms with Gasteiger partial charge < -0.3 is 0 Å². The molecule has 0 aromatic carbocycles. The Balaban J connectivity index is 2.41. The lowest BCUT2D eigenvalue weighted by molar-refractivity contribution is 1.18. The highest BCUT2D eigenvalue weighted by Gasteiger charge is 2.02. The predicted octanol–water partition coefficient (Wildman–Crippen LogP) is 2.52. The van der Waals surface area contributed by atoms with Gasteiger partial charge in [0.15, 0.2) is 0 Å². The van der Waals surface area contributed by atoms with Crippen LogP contribution in [0.25, 0.3) is 11.4 Å². The van der Waals surface area contributed by atoms with E-state index in [0.29, 0.717) is 6.42 Å². The number of hydrogen-bond acceptors (Lipinski definition) is 3. The molecule has 3 heteroatoms. The van der Waals surface area contributed by atoms with Gasteiger partial charge in [-0.2, -0.15) is 5.26 Å². The second-order valence-corrected chi connectivity index (χ2v) is 3.60.